The molecule has 3 nitrogen and oxygen atoms in total. The Hall–Kier alpha value is -0.120. The fourth-order valence-corrected chi connectivity index (χ4v) is 0.753. The molecule has 0 atom stereocenters. The van der Waals surface area contributed by atoms with E-state index in [1.807, 2.05) is 0 Å². The van der Waals surface area contributed by atoms with Crippen LogP contribution in [0.25, 0.3) is 0 Å². The number of hydrogen-bond donors (Lipinski definition) is 2. The summed E-state index contributed by atoms with van der Waals surface area (Å²) in [5.74, 6) is 0. The minimum absolute atomic E-state index is 0.246. The Labute approximate surface area is 55.0 Å². The maximum atomic E-state index is 8.38. The molecule has 0 bridgehead atoms. The van der Waals surface area contributed by atoms with E-state index >= 15 is 0 Å². The van der Waals surface area contributed by atoms with Gasteiger partial charge in [0.25, 0.3) is 0 Å². The lowest BCUT2D eigenvalue weighted by molar-refractivity contribution is -0.724. The van der Waals surface area contributed by atoms with Gasteiger partial charge in [-0.1, -0.05) is 0 Å². The van der Waals surface area contributed by atoms with Crippen molar-refractivity contribution < 1.29 is 15.2 Å². The molecule has 1 aliphatic rings. The second-order valence-electron chi connectivity index (χ2n) is 2.33. The van der Waals surface area contributed by atoms with Crippen molar-refractivity contribution in [3.05, 3.63) is 0 Å². The van der Waals surface area contributed by atoms with Crippen molar-refractivity contribution in [1.29, 1.82) is 0 Å². The molecule has 1 rings (SSSR count). The van der Waals surface area contributed by atoms with Gasteiger partial charge in [0, 0.05) is 13.2 Å². The first-order valence-corrected chi connectivity index (χ1v) is 3.47. The monoisotopic (exact) mass is 132 g/mol. The lowest BCUT2D eigenvalue weighted by Crippen LogP contribution is -2.98. The predicted molar refractivity (Wildman–Crippen MR) is 33.1 cm³/mol. The normalized spacial score (nSPS) is 19.7. The van der Waals surface area contributed by atoms with Crippen molar-refractivity contribution in [3.63, 3.8) is 0 Å². The van der Waals surface area contributed by atoms with Gasteiger partial charge in [0.15, 0.2) is 6.10 Å². The molecule has 1 fully saturated rings. The third-order valence-electron chi connectivity index (χ3n) is 1.52. The van der Waals surface area contributed by atoms with E-state index in [0.717, 1.165) is 26.1 Å². The van der Waals surface area contributed by atoms with Crippen molar-refractivity contribution >= 4 is 0 Å². The lowest BCUT2D eigenvalue weighted by Gasteiger charge is -2.22. The average Bonchev–Trinajstić information content (AvgIpc) is 1.76. The van der Waals surface area contributed by atoms with E-state index in [1.54, 1.807) is 0 Å². The third-order valence-corrected chi connectivity index (χ3v) is 1.52. The number of aliphatic hydroxyl groups excluding tert-OH is 1. The van der Waals surface area contributed by atoms with Crippen LogP contribution in [0.5, 0.6) is 0 Å². The van der Waals surface area contributed by atoms with Crippen LogP contribution in [0.1, 0.15) is 6.42 Å². The summed E-state index contributed by atoms with van der Waals surface area (Å²) in [4.78, 5) is 0. The smallest absolute Gasteiger partial charge is 0.155 e. The van der Waals surface area contributed by atoms with E-state index in [2.05, 4.69) is 5.32 Å². The van der Waals surface area contributed by atoms with Crippen molar-refractivity contribution in [2.75, 3.05) is 26.3 Å². The number of aliphatic hydroxyl groups is 1. The van der Waals surface area contributed by atoms with Crippen LogP contribution in [-0.4, -0.2) is 37.5 Å². The Kier molecular flexibility index (Phi) is 2.97. The molecule has 0 aromatic heterocycles. The number of quaternary nitrogens is 1. The van der Waals surface area contributed by atoms with Gasteiger partial charge in [0.05, 0.1) is 0 Å². The van der Waals surface area contributed by atoms with E-state index in [0.29, 0.717) is 6.10 Å². The molecule has 1 aliphatic heterocycles. The zero-order valence-corrected chi connectivity index (χ0v) is 5.55. The van der Waals surface area contributed by atoms with Crippen molar-refractivity contribution in [1.82, 2.24) is 0 Å². The molecular formula is C6H14NO2+. The number of rotatable bonds is 4. The van der Waals surface area contributed by atoms with Gasteiger partial charge in [-0.3, -0.25) is 0 Å². The van der Waals surface area contributed by atoms with Gasteiger partial charge in [-0.2, -0.15) is 0 Å². The number of ether oxygens (including phenoxy) is 1. The first-order valence-electron chi connectivity index (χ1n) is 3.47. The largest absolute Gasteiger partial charge is 0.396 e. The lowest BCUT2D eigenvalue weighted by atomic mass is 10.2. The molecule has 0 aromatic carbocycles. The Morgan fingerprint density at radius 1 is 1.56 bits per heavy atom. The molecule has 0 aromatic rings. The van der Waals surface area contributed by atoms with E-state index in [-0.39, 0.29) is 6.61 Å². The highest BCUT2D eigenvalue weighted by Crippen LogP contribution is 1.91. The number of hydrogen-bond acceptors (Lipinski definition) is 2. The fraction of sp³-hybridized carbons (Fsp3) is 1.00. The summed E-state index contributed by atoms with van der Waals surface area (Å²) < 4.78 is 5.33. The maximum Gasteiger partial charge on any atom is 0.155 e. The predicted octanol–water partition coefficient (Wildman–Crippen LogP) is -1.67. The van der Waals surface area contributed by atoms with Crippen LogP contribution in [0.4, 0.5) is 0 Å². The summed E-state index contributed by atoms with van der Waals surface area (Å²) in [6, 6.07) is 0. The summed E-state index contributed by atoms with van der Waals surface area (Å²) in [5.41, 5.74) is 0. The Balaban J connectivity index is 1.80. The van der Waals surface area contributed by atoms with Crippen LogP contribution in [0.15, 0.2) is 0 Å². The van der Waals surface area contributed by atoms with Crippen LogP contribution in [0.3, 0.4) is 0 Å². The highest BCUT2D eigenvalue weighted by molar-refractivity contribution is 4.57. The van der Waals surface area contributed by atoms with Crippen molar-refractivity contribution in [2.45, 2.75) is 12.5 Å². The van der Waals surface area contributed by atoms with Gasteiger partial charge >= 0.3 is 0 Å². The van der Waals surface area contributed by atoms with Crippen LogP contribution < -0.4 is 5.32 Å². The first kappa shape index (κ1) is 6.99. The summed E-state index contributed by atoms with van der Waals surface area (Å²) in [6.07, 6.45) is 1.24. The fourth-order valence-electron chi connectivity index (χ4n) is 0.753. The van der Waals surface area contributed by atoms with Crippen molar-refractivity contribution in [3.8, 4) is 0 Å². The minimum Gasteiger partial charge on any atom is -0.396 e. The minimum atomic E-state index is 0.246. The van der Waals surface area contributed by atoms with Gasteiger partial charge < -0.3 is 15.2 Å². The van der Waals surface area contributed by atoms with E-state index in [1.165, 1.54) is 0 Å². The molecule has 3 heteroatoms. The van der Waals surface area contributed by atoms with Gasteiger partial charge in [0.1, 0.15) is 13.1 Å². The standard InChI is InChI=1S/C6H13NO2/c8-2-1-3-9-6-4-7-5-6/h6-8H,1-5H2/p+1. The van der Waals surface area contributed by atoms with Crippen LogP contribution in [0, 0.1) is 0 Å². The molecule has 3 N–H and O–H groups in total. The molecular weight excluding hydrogens is 118 g/mol. The highest BCUT2D eigenvalue weighted by Gasteiger charge is 2.21. The SMILES string of the molecule is OCCCOC1C[NH2+]C1. The van der Waals surface area contributed by atoms with Crippen LogP contribution in [0.2, 0.25) is 0 Å². The molecule has 54 valence electrons. The Morgan fingerprint density at radius 2 is 2.33 bits per heavy atom. The van der Waals surface area contributed by atoms with Gasteiger partial charge in [-0.15, -0.1) is 0 Å². The second-order valence-corrected chi connectivity index (χ2v) is 2.33. The summed E-state index contributed by atoms with van der Waals surface area (Å²) >= 11 is 0. The first-order chi connectivity index (χ1) is 4.43. The molecule has 9 heavy (non-hydrogen) atoms. The summed E-state index contributed by atoms with van der Waals surface area (Å²) in [5, 5.41) is 10.6. The second kappa shape index (κ2) is 3.82. The zero-order chi connectivity index (χ0) is 6.53. The van der Waals surface area contributed by atoms with Crippen molar-refractivity contribution in [2.24, 2.45) is 0 Å². The molecule has 1 heterocycles. The molecule has 0 amide bonds. The maximum absolute atomic E-state index is 8.38. The van der Waals surface area contributed by atoms with Crippen LogP contribution >= 0.6 is 0 Å². The summed E-state index contributed by atoms with van der Waals surface area (Å²) in [7, 11) is 0. The Bertz CT molecular complexity index is 73.5. The quantitative estimate of drug-likeness (QED) is 0.449. The van der Waals surface area contributed by atoms with Crippen LogP contribution in [-0.2, 0) is 4.74 Å². The van der Waals surface area contributed by atoms with Gasteiger partial charge in [-0.05, 0) is 6.42 Å². The Morgan fingerprint density at radius 3 is 2.78 bits per heavy atom. The molecule has 0 saturated carbocycles. The topological polar surface area (TPSA) is 46.1 Å². The van der Waals surface area contributed by atoms with E-state index < -0.39 is 0 Å². The van der Waals surface area contributed by atoms with E-state index in [9.17, 15) is 0 Å². The number of nitrogens with two attached hydrogens (primary N) is 1. The zero-order valence-electron chi connectivity index (χ0n) is 5.55. The van der Waals surface area contributed by atoms with Gasteiger partial charge in [-0.25, -0.2) is 0 Å². The molecule has 0 aliphatic carbocycles. The summed E-state index contributed by atoms with van der Waals surface area (Å²) in [6.45, 7) is 3.17. The third kappa shape index (κ3) is 2.30. The van der Waals surface area contributed by atoms with E-state index in [4.69, 9.17) is 9.84 Å². The highest BCUT2D eigenvalue weighted by atomic mass is 16.5. The molecule has 0 spiro atoms. The van der Waals surface area contributed by atoms with Gasteiger partial charge in [0.2, 0.25) is 0 Å². The molecule has 0 radical (unpaired) electrons. The molecule has 1 saturated heterocycles. The average molecular weight is 132 g/mol. The molecule has 0 unspecified atom stereocenters.